The Bertz CT molecular complexity index is 489. The molecule has 0 aliphatic carbocycles. The average Bonchev–Trinajstić information content (AvgIpc) is 2.69. The van der Waals surface area contributed by atoms with Crippen LogP contribution in [0, 0.1) is 0 Å². The SMILES string of the molecule is CCCNc1cc(N2CCCNC(=O)C2)nc(C(C)C)n1. The van der Waals surface area contributed by atoms with E-state index in [0.29, 0.717) is 6.54 Å². The highest BCUT2D eigenvalue weighted by atomic mass is 16.2. The molecule has 116 valence electrons. The highest BCUT2D eigenvalue weighted by Gasteiger charge is 2.18. The zero-order chi connectivity index (χ0) is 15.2. The van der Waals surface area contributed by atoms with E-state index in [-0.39, 0.29) is 11.8 Å². The van der Waals surface area contributed by atoms with Gasteiger partial charge >= 0.3 is 0 Å². The van der Waals surface area contributed by atoms with Crippen LogP contribution in [0.2, 0.25) is 0 Å². The Morgan fingerprint density at radius 2 is 2.24 bits per heavy atom. The van der Waals surface area contributed by atoms with Crippen molar-refractivity contribution in [1.29, 1.82) is 0 Å². The van der Waals surface area contributed by atoms with Gasteiger partial charge in [-0.1, -0.05) is 20.8 Å². The third-order valence-corrected chi connectivity index (χ3v) is 3.39. The van der Waals surface area contributed by atoms with Crippen molar-refractivity contribution < 1.29 is 4.79 Å². The molecule has 6 nitrogen and oxygen atoms in total. The molecule has 0 bridgehead atoms. The number of amides is 1. The molecule has 1 fully saturated rings. The van der Waals surface area contributed by atoms with E-state index in [0.717, 1.165) is 49.9 Å². The van der Waals surface area contributed by atoms with E-state index in [9.17, 15) is 4.79 Å². The Morgan fingerprint density at radius 1 is 1.43 bits per heavy atom. The number of carbonyl (C=O) groups is 1. The third-order valence-electron chi connectivity index (χ3n) is 3.39. The van der Waals surface area contributed by atoms with Gasteiger partial charge in [-0.05, 0) is 12.8 Å². The van der Waals surface area contributed by atoms with Crippen LogP contribution in [-0.2, 0) is 4.79 Å². The van der Waals surface area contributed by atoms with Crippen LogP contribution in [0.15, 0.2) is 6.07 Å². The lowest BCUT2D eigenvalue weighted by Gasteiger charge is -2.22. The predicted octanol–water partition coefficient (Wildman–Crippen LogP) is 1.75. The maximum atomic E-state index is 11.7. The summed E-state index contributed by atoms with van der Waals surface area (Å²) in [6.07, 6.45) is 1.98. The van der Waals surface area contributed by atoms with Gasteiger partial charge in [-0.2, -0.15) is 0 Å². The Labute approximate surface area is 126 Å². The first-order valence-electron chi connectivity index (χ1n) is 7.74. The number of carbonyl (C=O) groups excluding carboxylic acids is 1. The average molecular weight is 291 g/mol. The van der Waals surface area contributed by atoms with Gasteiger partial charge in [-0.25, -0.2) is 9.97 Å². The highest BCUT2D eigenvalue weighted by Crippen LogP contribution is 2.20. The van der Waals surface area contributed by atoms with Crippen LogP contribution in [0.3, 0.4) is 0 Å². The van der Waals surface area contributed by atoms with E-state index >= 15 is 0 Å². The molecule has 6 heteroatoms. The first kappa shape index (κ1) is 15.5. The number of hydrogen-bond donors (Lipinski definition) is 2. The molecular formula is C15H25N5O. The minimum atomic E-state index is 0.0558. The van der Waals surface area contributed by atoms with Crippen LogP contribution in [-0.4, -0.2) is 42.1 Å². The maximum Gasteiger partial charge on any atom is 0.239 e. The third kappa shape index (κ3) is 4.31. The summed E-state index contributed by atoms with van der Waals surface area (Å²) in [6.45, 7) is 9.10. The number of nitrogens with zero attached hydrogens (tertiary/aromatic N) is 3. The Balaban J connectivity index is 2.27. The van der Waals surface area contributed by atoms with Gasteiger partial charge in [0, 0.05) is 31.6 Å². The van der Waals surface area contributed by atoms with Gasteiger partial charge in [0.05, 0.1) is 6.54 Å². The normalized spacial score (nSPS) is 15.8. The van der Waals surface area contributed by atoms with Crippen molar-refractivity contribution >= 4 is 17.5 Å². The van der Waals surface area contributed by atoms with Crippen molar-refractivity contribution in [3.63, 3.8) is 0 Å². The molecule has 1 aromatic rings. The summed E-state index contributed by atoms with van der Waals surface area (Å²) in [5, 5.41) is 6.21. The molecule has 1 saturated heterocycles. The van der Waals surface area contributed by atoms with Crippen molar-refractivity contribution in [3.05, 3.63) is 11.9 Å². The van der Waals surface area contributed by atoms with Crippen LogP contribution < -0.4 is 15.5 Å². The minimum Gasteiger partial charge on any atom is -0.370 e. The molecular weight excluding hydrogens is 266 g/mol. The number of aromatic nitrogens is 2. The summed E-state index contributed by atoms with van der Waals surface area (Å²) in [5.74, 6) is 2.81. The second-order valence-electron chi connectivity index (χ2n) is 5.68. The molecule has 0 radical (unpaired) electrons. The van der Waals surface area contributed by atoms with Crippen molar-refractivity contribution in [3.8, 4) is 0 Å². The molecule has 0 atom stereocenters. The molecule has 2 rings (SSSR count). The molecule has 1 amide bonds. The molecule has 0 aromatic carbocycles. The monoisotopic (exact) mass is 291 g/mol. The van der Waals surface area contributed by atoms with Gasteiger partial charge in [-0.3, -0.25) is 4.79 Å². The Morgan fingerprint density at radius 3 is 2.95 bits per heavy atom. The largest absolute Gasteiger partial charge is 0.370 e. The zero-order valence-corrected chi connectivity index (χ0v) is 13.1. The molecule has 2 heterocycles. The molecule has 0 saturated carbocycles. The van der Waals surface area contributed by atoms with Crippen LogP contribution in [0.5, 0.6) is 0 Å². The molecule has 1 aliphatic rings. The fourth-order valence-electron chi connectivity index (χ4n) is 2.22. The van der Waals surface area contributed by atoms with E-state index < -0.39 is 0 Å². The number of rotatable bonds is 5. The van der Waals surface area contributed by atoms with E-state index in [2.05, 4.69) is 41.4 Å². The van der Waals surface area contributed by atoms with Gasteiger partial charge in [-0.15, -0.1) is 0 Å². The smallest absolute Gasteiger partial charge is 0.239 e. The molecule has 0 spiro atoms. The quantitative estimate of drug-likeness (QED) is 0.865. The predicted molar refractivity (Wildman–Crippen MR) is 84.7 cm³/mol. The highest BCUT2D eigenvalue weighted by molar-refractivity contribution is 5.81. The van der Waals surface area contributed by atoms with Gasteiger partial charge in [0.15, 0.2) is 0 Å². The summed E-state index contributed by atoms with van der Waals surface area (Å²) in [5.41, 5.74) is 0. The van der Waals surface area contributed by atoms with E-state index in [1.807, 2.05) is 11.0 Å². The number of nitrogens with one attached hydrogen (secondary N) is 2. The number of hydrogen-bond acceptors (Lipinski definition) is 5. The van der Waals surface area contributed by atoms with E-state index in [4.69, 9.17) is 0 Å². The first-order chi connectivity index (χ1) is 10.1. The summed E-state index contributed by atoms with van der Waals surface area (Å²) < 4.78 is 0. The minimum absolute atomic E-state index is 0.0558. The summed E-state index contributed by atoms with van der Waals surface area (Å²) in [6, 6.07) is 1.94. The van der Waals surface area contributed by atoms with Gasteiger partial charge in [0.25, 0.3) is 0 Å². The van der Waals surface area contributed by atoms with E-state index in [1.54, 1.807) is 0 Å². The van der Waals surface area contributed by atoms with Crippen LogP contribution in [0.4, 0.5) is 11.6 Å². The van der Waals surface area contributed by atoms with Crippen LogP contribution >= 0.6 is 0 Å². The number of anilines is 2. The molecule has 1 aromatic heterocycles. The Kier molecular flexibility index (Phi) is 5.36. The first-order valence-corrected chi connectivity index (χ1v) is 7.74. The lowest BCUT2D eigenvalue weighted by atomic mass is 10.2. The zero-order valence-electron chi connectivity index (χ0n) is 13.1. The molecule has 21 heavy (non-hydrogen) atoms. The summed E-state index contributed by atoms with van der Waals surface area (Å²) in [4.78, 5) is 23.0. The van der Waals surface area contributed by atoms with Crippen LogP contribution in [0.25, 0.3) is 0 Å². The van der Waals surface area contributed by atoms with Crippen molar-refractivity contribution in [2.45, 2.75) is 39.5 Å². The van der Waals surface area contributed by atoms with Gasteiger partial charge in [0.2, 0.25) is 5.91 Å². The second-order valence-corrected chi connectivity index (χ2v) is 5.68. The van der Waals surface area contributed by atoms with Gasteiger partial charge in [0.1, 0.15) is 17.5 Å². The lowest BCUT2D eigenvalue weighted by Crippen LogP contribution is -2.33. The van der Waals surface area contributed by atoms with Crippen molar-refractivity contribution in [2.24, 2.45) is 0 Å². The second kappa shape index (κ2) is 7.24. The molecule has 0 unspecified atom stereocenters. The van der Waals surface area contributed by atoms with Crippen LogP contribution in [0.1, 0.15) is 45.4 Å². The topological polar surface area (TPSA) is 70.2 Å². The fourth-order valence-corrected chi connectivity index (χ4v) is 2.22. The fraction of sp³-hybridized carbons (Fsp3) is 0.667. The van der Waals surface area contributed by atoms with E-state index in [1.165, 1.54) is 0 Å². The van der Waals surface area contributed by atoms with Crippen molar-refractivity contribution in [2.75, 3.05) is 36.4 Å². The van der Waals surface area contributed by atoms with Crippen molar-refractivity contribution in [1.82, 2.24) is 15.3 Å². The molecule has 2 N–H and O–H groups in total. The molecule has 1 aliphatic heterocycles. The maximum absolute atomic E-state index is 11.7. The summed E-state index contributed by atoms with van der Waals surface area (Å²) in [7, 11) is 0. The lowest BCUT2D eigenvalue weighted by molar-refractivity contribution is -0.119. The summed E-state index contributed by atoms with van der Waals surface area (Å²) >= 11 is 0. The standard InChI is InChI=1S/C15H25N5O/c1-4-6-16-12-9-13(19-15(18-12)11(2)3)20-8-5-7-17-14(21)10-20/h9,11H,4-8,10H2,1-3H3,(H,17,21)(H,16,18,19). The van der Waals surface area contributed by atoms with Gasteiger partial charge < -0.3 is 15.5 Å². The Hall–Kier alpha value is -1.85.